The number of hydrazine groups is 1. The Morgan fingerprint density at radius 3 is 2.27 bits per heavy atom. The highest BCUT2D eigenvalue weighted by atomic mass is 19.4. The first kappa shape index (κ1) is 10.0. The second kappa shape index (κ2) is 3.58. The van der Waals surface area contributed by atoms with E-state index in [1.54, 1.807) is 11.2 Å². The molecule has 0 aliphatic carbocycles. The number of alkyl halides is 3. The molecule has 0 saturated carbocycles. The largest absolute Gasteiger partial charge is 0.416 e. The standard InChI is InChI=1S/C10H9F3N2/c11-10(12,13)8-2-4-9(5-3-8)15-7-1-6-14-15/h1-5,7,14H,6H2. The van der Waals surface area contributed by atoms with Gasteiger partial charge in [-0.2, -0.15) is 13.2 Å². The molecule has 0 fully saturated rings. The second-order valence-corrected chi connectivity index (χ2v) is 3.16. The summed E-state index contributed by atoms with van der Waals surface area (Å²) < 4.78 is 36.8. The van der Waals surface area contributed by atoms with Gasteiger partial charge in [0.1, 0.15) is 0 Å². The van der Waals surface area contributed by atoms with Gasteiger partial charge in [0, 0.05) is 12.7 Å². The molecule has 5 heteroatoms. The Balaban J connectivity index is 2.20. The molecule has 15 heavy (non-hydrogen) atoms. The maximum Gasteiger partial charge on any atom is 0.416 e. The Morgan fingerprint density at radius 1 is 1.13 bits per heavy atom. The van der Waals surface area contributed by atoms with Crippen LogP contribution in [-0.4, -0.2) is 6.54 Å². The van der Waals surface area contributed by atoms with Crippen LogP contribution in [0.1, 0.15) is 5.56 Å². The number of hydrogen-bond acceptors (Lipinski definition) is 2. The first-order valence-corrected chi connectivity index (χ1v) is 4.44. The highest BCUT2D eigenvalue weighted by Crippen LogP contribution is 2.30. The lowest BCUT2D eigenvalue weighted by Gasteiger charge is -2.16. The lowest BCUT2D eigenvalue weighted by atomic mass is 10.2. The van der Waals surface area contributed by atoms with Crippen LogP contribution in [0.3, 0.4) is 0 Å². The second-order valence-electron chi connectivity index (χ2n) is 3.16. The van der Waals surface area contributed by atoms with E-state index in [-0.39, 0.29) is 0 Å². The number of anilines is 1. The minimum atomic E-state index is -4.27. The first-order valence-electron chi connectivity index (χ1n) is 4.44. The zero-order valence-corrected chi connectivity index (χ0v) is 7.75. The van der Waals surface area contributed by atoms with E-state index in [1.807, 2.05) is 6.08 Å². The summed E-state index contributed by atoms with van der Waals surface area (Å²) in [6.07, 6.45) is -0.604. The van der Waals surface area contributed by atoms with Crippen molar-refractivity contribution in [3.63, 3.8) is 0 Å². The SMILES string of the molecule is FC(F)(F)c1ccc(N2C=CCN2)cc1. The van der Waals surface area contributed by atoms with Crippen molar-refractivity contribution in [2.45, 2.75) is 6.18 Å². The van der Waals surface area contributed by atoms with E-state index >= 15 is 0 Å². The summed E-state index contributed by atoms with van der Waals surface area (Å²) in [7, 11) is 0. The third kappa shape index (κ3) is 2.12. The maximum atomic E-state index is 12.3. The van der Waals surface area contributed by atoms with Crippen LogP contribution in [0, 0.1) is 0 Å². The molecule has 2 nitrogen and oxygen atoms in total. The van der Waals surface area contributed by atoms with Gasteiger partial charge in [-0.1, -0.05) is 6.08 Å². The molecular weight excluding hydrogens is 205 g/mol. The molecule has 0 amide bonds. The fourth-order valence-electron chi connectivity index (χ4n) is 1.35. The molecule has 0 atom stereocenters. The highest BCUT2D eigenvalue weighted by molar-refractivity contribution is 5.50. The van der Waals surface area contributed by atoms with Gasteiger partial charge in [0.05, 0.1) is 11.3 Å². The summed E-state index contributed by atoms with van der Waals surface area (Å²) in [6, 6.07) is 5.02. The van der Waals surface area contributed by atoms with E-state index in [1.165, 1.54) is 12.1 Å². The predicted octanol–water partition coefficient (Wildman–Crippen LogP) is 2.54. The molecule has 1 aromatic carbocycles. The van der Waals surface area contributed by atoms with Crippen LogP contribution >= 0.6 is 0 Å². The Labute approximate surface area is 85.0 Å². The van der Waals surface area contributed by atoms with E-state index in [2.05, 4.69) is 5.43 Å². The van der Waals surface area contributed by atoms with E-state index in [4.69, 9.17) is 0 Å². The molecule has 80 valence electrons. The Kier molecular flexibility index (Phi) is 2.40. The van der Waals surface area contributed by atoms with E-state index < -0.39 is 11.7 Å². The molecule has 1 aliphatic rings. The molecule has 1 N–H and O–H groups in total. The fourth-order valence-corrected chi connectivity index (χ4v) is 1.35. The summed E-state index contributed by atoms with van der Waals surface area (Å²) in [6.45, 7) is 0.695. The number of nitrogens with zero attached hydrogens (tertiary/aromatic N) is 1. The molecule has 2 rings (SSSR count). The van der Waals surface area contributed by atoms with Gasteiger partial charge in [0.25, 0.3) is 0 Å². The molecule has 1 aliphatic heterocycles. The van der Waals surface area contributed by atoms with Gasteiger partial charge in [-0.05, 0) is 24.3 Å². The minimum absolute atomic E-state index is 0.630. The zero-order chi connectivity index (χ0) is 10.9. The third-order valence-corrected chi connectivity index (χ3v) is 2.11. The lowest BCUT2D eigenvalue weighted by Crippen LogP contribution is -2.28. The topological polar surface area (TPSA) is 15.3 Å². The van der Waals surface area contributed by atoms with Crippen LogP contribution in [0.4, 0.5) is 18.9 Å². The fraction of sp³-hybridized carbons (Fsp3) is 0.200. The average Bonchev–Trinajstić information content (AvgIpc) is 2.69. The normalized spacial score (nSPS) is 16.1. The number of nitrogens with one attached hydrogen (secondary N) is 1. The molecule has 0 bridgehead atoms. The molecule has 1 heterocycles. The molecule has 1 aromatic rings. The van der Waals surface area contributed by atoms with Gasteiger partial charge >= 0.3 is 6.18 Å². The Bertz CT molecular complexity index is 367. The summed E-state index contributed by atoms with van der Waals surface area (Å²) >= 11 is 0. The van der Waals surface area contributed by atoms with Crippen molar-refractivity contribution in [2.24, 2.45) is 0 Å². The quantitative estimate of drug-likeness (QED) is 0.772. The van der Waals surface area contributed by atoms with E-state index in [0.29, 0.717) is 12.2 Å². The number of rotatable bonds is 1. The molecule has 0 radical (unpaired) electrons. The third-order valence-electron chi connectivity index (χ3n) is 2.11. The van der Waals surface area contributed by atoms with Gasteiger partial charge in [-0.25, -0.2) is 5.43 Å². The summed E-state index contributed by atoms with van der Waals surface area (Å²) in [5, 5.41) is 1.68. The van der Waals surface area contributed by atoms with Crippen LogP contribution in [0.5, 0.6) is 0 Å². The maximum absolute atomic E-state index is 12.3. The van der Waals surface area contributed by atoms with Crippen molar-refractivity contribution in [2.75, 3.05) is 11.6 Å². The molecule has 0 aromatic heterocycles. The highest BCUT2D eigenvalue weighted by Gasteiger charge is 2.30. The van der Waals surface area contributed by atoms with Gasteiger partial charge in [-0.3, -0.25) is 5.01 Å². The molecule has 0 spiro atoms. The van der Waals surface area contributed by atoms with Gasteiger partial charge < -0.3 is 0 Å². The van der Waals surface area contributed by atoms with E-state index in [0.717, 1.165) is 12.1 Å². The van der Waals surface area contributed by atoms with Crippen molar-refractivity contribution in [3.05, 3.63) is 42.1 Å². The predicted molar refractivity (Wildman–Crippen MR) is 51.1 cm³/mol. The Morgan fingerprint density at radius 2 is 1.80 bits per heavy atom. The minimum Gasteiger partial charge on any atom is -0.284 e. The smallest absolute Gasteiger partial charge is 0.284 e. The Hall–Kier alpha value is -1.49. The van der Waals surface area contributed by atoms with E-state index in [9.17, 15) is 13.2 Å². The van der Waals surface area contributed by atoms with Crippen molar-refractivity contribution >= 4 is 5.69 Å². The van der Waals surface area contributed by atoms with Crippen molar-refractivity contribution in [1.82, 2.24) is 5.43 Å². The van der Waals surface area contributed by atoms with Crippen LogP contribution in [0.25, 0.3) is 0 Å². The van der Waals surface area contributed by atoms with Gasteiger partial charge in [-0.15, -0.1) is 0 Å². The van der Waals surface area contributed by atoms with Crippen molar-refractivity contribution in [3.8, 4) is 0 Å². The summed E-state index contributed by atoms with van der Waals surface area (Å²) in [4.78, 5) is 0. The average molecular weight is 214 g/mol. The molecule has 0 saturated heterocycles. The van der Waals surface area contributed by atoms with Crippen LogP contribution < -0.4 is 10.4 Å². The van der Waals surface area contributed by atoms with Crippen LogP contribution in [0.2, 0.25) is 0 Å². The molecule has 0 unspecified atom stereocenters. The summed E-state index contributed by atoms with van der Waals surface area (Å²) in [5.41, 5.74) is 3.03. The molecular formula is C10H9F3N2. The number of benzene rings is 1. The number of hydrogen-bond donors (Lipinski definition) is 1. The summed E-state index contributed by atoms with van der Waals surface area (Å²) in [5.74, 6) is 0. The van der Waals surface area contributed by atoms with Crippen LogP contribution in [-0.2, 0) is 6.18 Å². The van der Waals surface area contributed by atoms with Crippen molar-refractivity contribution in [1.29, 1.82) is 0 Å². The first-order chi connectivity index (χ1) is 7.07. The number of halogens is 3. The lowest BCUT2D eigenvalue weighted by molar-refractivity contribution is -0.137. The van der Waals surface area contributed by atoms with Crippen molar-refractivity contribution < 1.29 is 13.2 Å². The van der Waals surface area contributed by atoms with Crippen LogP contribution in [0.15, 0.2) is 36.5 Å². The van der Waals surface area contributed by atoms with Gasteiger partial charge in [0.15, 0.2) is 0 Å². The zero-order valence-electron chi connectivity index (χ0n) is 7.75. The van der Waals surface area contributed by atoms with Gasteiger partial charge in [0.2, 0.25) is 0 Å². The monoisotopic (exact) mass is 214 g/mol.